The Morgan fingerprint density at radius 1 is 1.18 bits per heavy atom. The predicted octanol–water partition coefficient (Wildman–Crippen LogP) is 3.68. The molecule has 0 radical (unpaired) electrons. The van der Waals surface area contributed by atoms with Crippen molar-refractivity contribution in [3.8, 4) is 0 Å². The van der Waals surface area contributed by atoms with Crippen molar-refractivity contribution < 1.29 is 19.1 Å². The Morgan fingerprint density at radius 2 is 1.88 bits per heavy atom. The number of hydrogen-bond acceptors (Lipinski definition) is 4. The molecule has 1 aliphatic carbocycles. The molecule has 34 heavy (non-hydrogen) atoms. The topological polar surface area (TPSA) is 87.7 Å². The predicted molar refractivity (Wildman–Crippen MR) is 129 cm³/mol. The molecule has 8 heteroatoms. The van der Waals surface area contributed by atoms with Crippen LogP contribution in [-0.4, -0.2) is 52.5 Å². The van der Waals surface area contributed by atoms with E-state index in [1.807, 2.05) is 26.0 Å². The third kappa shape index (κ3) is 3.73. The molecule has 1 saturated carbocycles. The van der Waals surface area contributed by atoms with E-state index in [9.17, 15) is 14.4 Å². The van der Waals surface area contributed by atoms with E-state index in [1.54, 1.807) is 29.2 Å². The van der Waals surface area contributed by atoms with E-state index in [2.05, 4.69) is 10.6 Å². The van der Waals surface area contributed by atoms with Crippen molar-refractivity contribution in [2.24, 2.45) is 11.8 Å². The molecule has 1 spiro atoms. The summed E-state index contributed by atoms with van der Waals surface area (Å²) in [6.07, 6.45) is 9.18. The Bertz CT molecular complexity index is 1010. The van der Waals surface area contributed by atoms with Crippen LogP contribution < -0.4 is 10.6 Å². The van der Waals surface area contributed by atoms with Gasteiger partial charge in [-0.1, -0.05) is 49.9 Å². The molecule has 3 fully saturated rings. The van der Waals surface area contributed by atoms with E-state index in [-0.39, 0.29) is 29.8 Å². The highest BCUT2D eigenvalue weighted by atomic mass is 35.5. The number of anilines is 1. The fourth-order valence-electron chi connectivity index (χ4n) is 6.16. The molecule has 3 aliphatic heterocycles. The van der Waals surface area contributed by atoms with Crippen LogP contribution in [-0.2, 0) is 19.1 Å². The number of benzene rings is 1. The number of nitrogens with zero attached hydrogens (tertiary/aromatic N) is 1. The first-order valence-electron chi connectivity index (χ1n) is 12.4. The largest absolute Gasteiger partial charge is 0.359 e. The highest BCUT2D eigenvalue weighted by molar-refractivity contribution is 6.30. The van der Waals surface area contributed by atoms with Crippen LogP contribution in [0.25, 0.3) is 0 Å². The maximum atomic E-state index is 13.8. The van der Waals surface area contributed by atoms with Crippen molar-refractivity contribution in [2.75, 3.05) is 5.32 Å². The lowest BCUT2D eigenvalue weighted by molar-refractivity contribution is -0.143. The zero-order valence-corrected chi connectivity index (χ0v) is 20.4. The smallest absolute Gasteiger partial charge is 0.246 e. The van der Waals surface area contributed by atoms with Crippen LogP contribution in [0.4, 0.5) is 5.69 Å². The summed E-state index contributed by atoms with van der Waals surface area (Å²) in [7, 11) is 0. The molecule has 6 unspecified atom stereocenters. The number of amides is 3. The number of carbonyl (C=O) groups excluding carboxylic acids is 3. The van der Waals surface area contributed by atoms with E-state index in [4.69, 9.17) is 16.3 Å². The number of rotatable bonds is 6. The maximum Gasteiger partial charge on any atom is 0.246 e. The first kappa shape index (κ1) is 23.4. The van der Waals surface area contributed by atoms with E-state index in [0.717, 1.165) is 25.7 Å². The monoisotopic (exact) mass is 485 g/mol. The van der Waals surface area contributed by atoms with Crippen molar-refractivity contribution in [3.63, 3.8) is 0 Å². The molecular weight excluding hydrogens is 454 g/mol. The highest BCUT2D eigenvalue weighted by Gasteiger charge is 2.73. The number of hydrogen-bond donors (Lipinski definition) is 2. The molecule has 2 bridgehead atoms. The fraction of sp³-hybridized carbons (Fsp3) is 0.577. The summed E-state index contributed by atoms with van der Waals surface area (Å²) in [4.78, 5) is 42.6. The second kappa shape index (κ2) is 9.00. The first-order valence-corrected chi connectivity index (χ1v) is 12.8. The minimum atomic E-state index is -1.12. The zero-order valence-electron chi connectivity index (χ0n) is 19.6. The number of ether oxygens (including phenoxy) is 1. The van der Waals surface area contributed by atoms with Gasteiger partial charge >= 0.3 is 0 Å². The molecule has 5 rings (SSSR count). The van der Waals surface area contributed by atoms with Crippen LogP contribution >= 0.6 is 11.6 Å². The Kier molecular flexibility index (Phi) is 6.19. The third-order valence-electron chi connectivity index (χ3n) is 7.99. The summed E-state index contributed by atoms with van der Waals surface area (Å²) >= 11 is 5.96. The molecule has 6 atom stereocenters. The van der Waals surface area contributed by atoms with Gasteiger partial charge in [-0.05, 0) is 50.5 Å². The minimum absolute atomic E-state index is 0.122. The van der Waals surface area contributed by atoms with Gasteiger partial charge in [0, 0.05) is 22.8 Å². The molecule has 2 saturated heterocycles. The molecule has 4 aliphatic rings. The zero-order chi connectivity index (χ0) is 24.0. The number of likely N-dealkylation sites (tertiary alicyclic amines) is 1. The molecule has 3 heterocycles. The number of fused-ring (bicyclic) bond motifs is 1. The van der Waals surface area contributed by atoms with Crippen molar-refractivity contribution in [2.45, 2.75) is 82.2 Å². The maximum absolute atomic E-state index is 13.8. The van der Waals surface area contributed by atoms with Gasteiger partial charge in [-0.3, -0.25) is 14.4 Å². The highest BCUT2D eigenvalue weighted by Crippen LogP contribution is 2.55. The minimum Gasteiger partial charge on any atom is -0.359 e. The van der Waals surface area contributed by atoms with Gasteiger partial charge < -0.3 is 20.3 Å². The number of halogens is 1. The lowest BCUT2D eigenvalue weighted by atomic mass is 9.74. The van der Waals surface area contributed by atoms with Crippen LogP contribution in [0.15, 0.2) is 36.4 Å². The number of carbonyl (C=O) groups is 3. The molecular formula is C26H32ClN3O4. The Hall–Kier alpha value is -2.38. The van der Waals surface area contributed by atoms with Crippen molar-refractivity contribution in [1.82, 2.24) is 10.2 Å². The van der Waals surface area contributed by atoms with Crippen molar-refractivity contribution in [1.29, 1.82) is 0 Å². The first-order chi connectivity index (χ1) is 16.4. The average molecular weight is 486 g/mol. The average Bonchev–Trinajstić information content (AvgIpc) is 3.48. The molecule has 3 amide bonds. The van der Waals surface area contributed by atoms with Gasteiger partial charge in [-0.15, -0.1) is 0 Å². The molecule has 1 aromatic carbocycles. The quantitative estimate of drug-likeness (QED) is 0.602. The SMILES string of the molecule is CCC(C)N1C(=O)C2C(C(=O)Nc3ccc(Cl)cc3)C3C=CC2(O3)C1C(=O)NC1CCCCC1. The van der Waals surface area contributed by atoms with Gasteiger partial charge in [0.15, 0.2) is 0 Å². The van der Waals surface area contributed by atoms with Crippen LogP contribution in [0.5, 0.6) is 0 Å². The van der Waals surface area contributed by atoms with E-state index in [1.165, 1.54) is 6.42 Å². The summed E-state index contributed by atoms with van der Waals surface area (Å²) in [5.74, 6) is -2.07. The molecule has 182 valence electrons. The lowest BCUT2D eigenvalue weighted by Gasteiger charge is -2.36. The second-order valence-corrected chi connectivity index (χ2v) is 10.5. The molecule has 7 nitrogen and oxygen atoms in total. The van der Waals surface area contributed by atoms with E-state index in [0.29, 0.717) is 17.1 Å². The second-order valence-electron chi connectivity index (χ2n) is 10.0. The van der Waals surface area contributed by atoms with Gasteiger partial charge in [0.25, 0.3) is 0 Å². The van der Waals surface area contributed by atoms with Gasteiger partial charge in [-0.25, -0.2) is 0 Å². The van der Waals surface area contributed by atoms with Gasteiger partial charge in [0.05, 0.1) is 17.9 Å². The van der Waals surface area contributed by atoms with Crippen LogP contribution in [0.2, 0.25) is 5.02 Å². The summed E-state index contributed by atoms with van der Waals surface area (Å²) in [5, 5.41) is 6.69. The summed E-state index contributed by atoms with van der Waals surface area (Å²) in [6, 6.07) is 6.05. The van der Waals surface area contributed by atoms with Gasteiger partial charge in [0.2, 0.25) is 17.7 Å². The van der Waals surface area contributed by atoms with Crippen molar-refractivity contribution >= 4 is 35.0 Å². The number of nitrogens with one attached hydrogen (secondary N) is 2. The summed E-state index contributed by atoms with van der Waals surface area (Å²) in [5.41, 5.74) is -0.516. The Morgan fingerprint density at radius 3 is 2.56 bits per heavy atom. The van der Waals surface area contributed by atoms with Gasteiger partial charge in [0.1, 0.15) is 11.6 Å². The Balaban J connectivity index is 1.44. The summed E-state index contributed by atoms with van der Waals surface area (Å²) in [6.45, 7) is 3.95. The molecule has 2 N–H and O–H groups in total. The third-order valence-corrected chi connectivity index (χ3v) is 8.24. The van der Waals surface area contributed by atoms with Gasteiger partial charge in [-0.2, -0.15) is 0 Å². The fourth-order valence-corrected chi connectivity index (χ4v) is 6.29. The summed E-state index contributed by atoms with van der Waals surface area (Å²) < 4.78 is 6.38. The normalized spacial score (nSPS) is 33.1. The lowest BCUT2D eigenvalue weighted by Crippen LogP contribution is -2.58. The van der Waals surface area contributed by atoms with E-state index >= 15 is 0 Å². The van der Waals surface area contributed by atoms with Crippen molar-refractivity contribution in [3.05, 3.63) is 41.4 Å². The Labute approximate surface area is 205 Å². The molecule has 1 aromatic rings. The van der Waals surface area contributed by atoms with Crippen LogP contribution in [0.3, 0.4) is 0 Å². The standard InChI is InChI=1S/C26H32ClN3O4/c1-3-15(2)30-22(24(32)29-17-7-5-4-6-8-17)26-14-13-19(34-26)20(21(26)25(30)33)23(31)28-18-11-9-16(27)10-12-18/h9-15,17,19-22H,3-8H2,1-2H3,(H,28,31)(H,29,32). The molecule has 0 aromatic heterocycles. The van der Waals surface area contributed by atoms with E-state index < -0.39 is 29.6 Å². The van der Waals surface area contributed by atoms with Crippen LogP contribution in [0, 0.1) is 11.8 Å². The van der Waals surface area contributed by atoms with Crippen LogP contribution in [0.1, 0.15) is 52.4 Å².